The largest absolute Gasteiger partial charge is 0.485 e. The minimum atomic E-state index is -0.512. The maximum Gasteiger partial charge on any atom is 0.318 e. The van der Waals surface area contributed by atoms with E-state index < -0.39 is 5.60 Å². The van der Waals surface area contributed by atoms with E-state index in [2.05, 4.69) is 10.3 Å². The Morgan fingerprint density at radius 1 is 1.06 bits per heavy atom. The molecule has 0 radical (unpaired) electrons. The minimum absolute atomic E-state index is 0.0383. The Labute approximate surface area is 193 Å². The first kappa shape index (κ1) is 21.4. The lowest BCUT2D eigenvalue weighted by molar-refractivity contribution is -0.00802. The maximum absolute atomic E-state index is 13.2. The van der Waals surface area contributed by atoms with E-state index in [1.54, 1.807) is 0 Å². The summed E-state index contributed by atoms with van der Waals surface area (Å²) in [6.07, 6.45) is 3.22. The molecule has 2 aromatic carbocycles. The zero-order valence-corrected chi connectivity index (χ0v) is 19.1. The molecule has 0 aliphatic carbocycles. The number of amides is 3. The van der Waals surface area contributed by atoms with Crippen LogP contribution in [-0.4, -0.2) is 58.0 Å². The molecule has 3 amide bonds. The third-order valence-corrected chi connectivity index (χ3v) is 6.60. The highest BCUT2D eigenvalue weighted by Gasteiger charge is 2.43. The molecule has 2 aliphatic heterocycles. The molecule has 1 spiro atoms. The van der Waals surface area contributed by atoms with Crippen LogP contribution in [0, 0.1) is 0 Å². The number of urea groups is 1. The summed E-state index contributed by atoms with van der Waals surface area (Å²) in [5, 5.41) is 4.05. The second kappa shape index (κ2) is 8.46. The van der Waals surface area contributed by atoms with E-state index in [0.717, 1.165) is 22.2 Å². The monoisotopic (exact) mass is 446 g/mol. The van der Waals surface area contributed by atoms with Gasteiger partial charge in [0.2, 0.25) is 0 Å². The van der Waals surface area contributed by atoms with Crippen molar-refractivity contribution in [1.82, 2.24) is 20.1 Å². The van der Waals surface area contributed by atoms with Gasteiger partial charge in [0.15, 0.2) is 0 Å². The van der Waals surface area contributed by atoms with Crippen molar-refractivity contribution >= 4 is 22.8 Å². The van der Waals surface area contributed by atoms with Gasteiger partial charge in [-0.2, -0.15) is 0 Å². The Kier molecular flexibility index (Phi) is 5.48. The van der Waals surface area contributed by atoms with Crippen LogP contribution in [0.3, 0.4) is 0 Å². The second-order valence-corrected chi connectivity index (χ2v) is 9.42. The number of hydrogen-bond acceptors (Lipinski definition) is 3. The van der Waals surface area contributed by atoms with Crippen molar-refractivity contribution in [3.05, 3.63) is 65.9 Å². The molecule has 33 heavy (non-hydrogen) atoms. The standard InChI is InChI=1S/C26H30N4O3/c1-18(2)28-25(32)30-16-21-5-3-4-6-23(21)33-26(17-30)10-13-29(14-11-26)24(31)20-7-8-22-19(15-20)9-12-27-22/h3-9,12,15,18,27H,10-11,13-14,16-17H2,1-2H3,(H,28,32). The minimum Gasteiger partial charge on any atom is -0.485 e. The molecule has 0 saturated carbocycles. The van der Waals surface area contributed by atoms with Crippen LogP contribution in [0.5, 0.6) is 5.75 Å². The number of nitrogens with one attached hydrogen (secondary N) is 2. The fraction of sp³-hybridized carbons (Fsp3) is 0.385. The molecule has 7 heteroatoms. The summed E-state index contributed by atoms with van der Waals surface area (Å²) < 4.78 is 6.59. The number of likely N-dealkylation sites (tertiary alicyclic amines) is 1. The first-order valence-corrected chi connectivity index (χ1v) is 11.6. The van der Waals surface area contributed by atoms with Crippen molar-refractivity contribution in [2.24, 2.45) is 0 Å². The summed E-state index contributed by atoms with van der Waals surface area (Å²) in [6.45, 7) is 6.11. The first-order valence-electron chi connectivity index (χ1n) is 11.6. The number of aromatic amines is 1. The van der Waals surface area contributed by atoms with Crippen molar-refractivity contribution < 1.29 is 14.3 Å². The molecule has 2 N–H and O–H groups in total. The second-order valence-electron chi connectivity index (χ2n) is 9.42. The van der Waals surface area contributed by atoms with E-state index in [1.165, 1.54) is 0 Å². The molecule has 0 atom stereocenters. The number of carbonyl (C=O) groups excluding carboxylic acids is 2. The van der Waals surface area contributed by atoms with Gasteiger partial charge in [-0.05, 0) is 44.2 Å². The smallest absolute Gasteiger partial charge is 0.318 e. The third-order valence-electron chi connectivity index (χ3n) is 6.60. The first-order chi connectivity index (χ1) is 15.9. The van der Waals surface area contributed by atoms with E-state index in [9.17, 15) is 9.59 Å². The van der Waals surface area contributed by atoms with Gasteiger partial charge in [0.05, 0.1) is 13.1 Å². The Hall–Kier alpha value is -3.48. The third kappa shape index (κ3) is 4.27. The summed E-state index contributed by atoms with van der Waals surface area (Å²) >= 11 is 0. The van der Waals surface area contributed by atoms with Crippen molar-refractivity contribution in [2.75, 3.05) is 19.6 Å². The molecule has 7 nitrogen and oxygen atoms in total. The van der Waals surface area contributed by atoms with Gasteiger partial charge < -0.3 is 24.8 Å². The van der Waals surface area contributed by atoms with Gasteiger partial charge in [-0.1, -0.05) is 18.2 Å². The summed E-state index contributed by atoms with van der Waals surface area (Å²) in [6, 6.07) is 15.7. The highest BCUT2D eigenvalue weighted by molar-refractivity contribution is 5.98. The fourth-order valence-electron chi connectivity index (χ4n) is 4.84. The Bertz CT molecular complexity index is 1180. The number of ether oxygens (including phenoxy) is 1. The highest BCUT2D eigenvalue weighted by atomic mass is 16.5. The lowest BCUT2D eigenvalue weighted by Crippen LogP contribution is -2.56. The lowest BCUT2D eigenvalue weighted by Gasteiger charge is -2.42. The van der Waals surface area contributed by atoms with Crippen molar-refractivity contribution in [2.45, 2.75) is 44.9 Å². The van der Waals surface area contributed by atoms with Gasteiger partial charge in [-0.25, -0.2) is 4.79 Å². The van der Waals surface area contributed by atoms with E-state index in [1.807, 2.05) is 78.4 Å². The van der Waals surface area contributed by atoms with E-state index in [-0.39, 0.29) is 18.0 Å². The summed E-state index contributed by atoms with van der Waals surface area (Å²) in [7, 11) is 0. The number of aromatic nitrogens is 1. The molecule has 2 aliphatic rings. The summed E-state index contributed by atoms with van der Waals surface area (Å²) in [5.74, 6) is 0.867. The predicted octanol–water partition coefficient (Wildman–Crippen LogP) is 4.16. The molecule has 0 bridgehead atoms. The number of fused-ring (bicyclic) bond motifs is 2. The highest BCUT2D eigenvalue weighted by Crippen LogP contribution is 2.36. The van der Waals surface area contributed by atoms with Gasteiger partial charge in [0.25, 0.3) is 5.91 Å². The average molecular weight is 447 g/mol. The zero-order valence-electron chi connectivity index (χ0n) is 19.1. The Morgan fingerprint density at radius 3 is 2.64 bits per heavy atom. The van der Waals surface area contributed by atoms with E-state index >= 15 is 0 Å². The Morgan fingerprint density at radius 2 is 1.85 bits per heavy atom. The van der Waals surface area contributed by atoms with Crippen molar-refractivity contribution in [1.29, 1.82) is 0 Å². The van der Waals surface area contributed by atoms with Gasteiger partial charge >= 0.3 is 6.03 Å². The molecule has 172 valence electrons. The number of para-hydroxylation sites is 1. The topological polar surface area (TPSA) is 77.7 Å². The van der Waals surface area contributed by atoms with Crippen LogP contribution in [0.2, 0.25) is 0 Å². The Balaban J connectivity index is 1.35. The van der Waals surface area contributed by atoms with Gasteiger partial charge in [0, 0.05) is 60.2 Å². The molecule has 3 heterocycles. The lowest BCUT2D eigenvalue weighted by atomic mass is 9.90. The van der Waals surface area contributed by atoms with Crippen LogP contribution in [0.25, 0.3) is 10.9 Å². The van der Waals surface area contributed by atoms with Gasteiger partial charge in [0.1, 0.15) is 11.4 Å². The van der Waals surface area contributed by atoms with Gasteiger partial charge in [-0.15, -0.1) is 0 Å². The van der Waals surface area contributed by atoms with Crippen LogP contribution in [0.1, 0.15) is 42.6 Å². The number of hydrogen-bond donors (Lipinski definition) is 2. The average Bonchev–Trinajstić information content (AvgIpc) is 3.21. The normalized spacial score (nSPS) is 17.5. The number of nitrogens with zero attached hydrogens (tertiary/aromatic N) is 2. The number of carbonyl (C=O) groups is 2. The zero-order chi connectivity index (χ0) is 23.0. The van der Waals surface area contributed by atoms with Crippen LogP contribution in [0.15, 0.2) is 54.7 Å². The van der Waals surface area contributed by atoms with Crippen LogP contribution >= 0.6 is 0 Å². The number of benzene rings is 2. The molecule has 1 fully saturated rings. The van der Waals surface area contributed by atoms with Crippen LogP contribution in [-0.2, 0) is 6.54 Å². The molecular formula is C26H30N4O3. The molecular weight excluding hydrogens is 416 g/mol. The quantitative estimate of drug-likeness (QED) is 0.621. The molecule has 0 unspecified atom stereocenters. The molecule has 5 rings (SSSR count). The summed E-state index contributed by atoms with van der Waals surface area (Å²) in [5.41, 5.74) is 2.21. The van der Waals surface area contributed by atoms with E-state index in [4.69, 9.17) is 4.74 Å². The van der Waals surface area contributed by atoms with Crippen LogP contribution < -0.4 is 10.1 Å². The fourth-order valence-corrected chi connectivity index (χ4v) is 4.84. The van der Waals surface area contributed by atoms with Crippen LogP contribution in [0.4, 0.5) is 4.79 Å². The van der Waals surface area contributed by atoms with Crippen molar-refractivity contribution in [3.63, 3.8) is 0 Å². The maximum atomic E-state index is 13.2. The summed E-state index contributed by atoms with van der Waals surface area (Å²) in [4.78, 5) is 33.0. The van der Waals surface area contributed by atoms with Gasteiger partial charge in [-0.3, -0.25) is 4.79 Å². The SMILES string of the molecule is CC(C)NC(=O)N1Cc2ccccc2OC2(CCN(C(=O)c3ccc4[nH]ccc4c3)CC2)C1. The number of rotatable bonds is 2. The molecule has 1 saturated heterocycles. The predicted molar refractivity (Wildman–Crippen MR) is 127 cm³/mol. The van der Waals surface area contributed by atoms with E-state index in [0.29, 0.717) is 44.6 Å². The van der Waals surface area contributed by atoms with Crippen molar-refractivity contribution in [3.8, 4) is 5.75 Å². The number of H-pyrrole nitrogens is 1. The molecule has 1 aromatic heterocycles. The molecule has 3 aromatic rings. The number of piperidine rings is 1.